The van der Waals surface area contributed by atoms with Crippen molar-refractivity contribution in [3.63, 3.8) is 0 Å². The Kier molecular flexibility index (Phi) is 7.69. The fourth-order valence-electron chi connectivity index (χ4n) is 7.49. The second kappa shape index (κ2) is 11.9. The molecule has 1 aliphatic carbocycles. The molecule has 252 valence electrons. The summed E-state index contributed by atoms with van der Waals surface area (Å²) in [6.07, 6.45) is 3.34. The van der Waals surface area contributed by atoms with Crippen LogP contribution in [0.3, 0.4) is 0 Å². The Labute approximate surface area is 287 Å². The van der Waals surface area contributed by atoms with Crippen molar-refractivity contribution in [3.8, 4) is 23.2 Å². The molecule has 4 atom stereocenters. The van der Waals surface area contributed by atoms with Crippen LogP contribution in [-0.4, -0.2) is 68.5 Å². The predicted octanol–water partition coefficient (Wildman–Crippen LogP) is 6.75. The third kappa shape index (κ3) is 5.35. The molecular weight excluding hydrogens is 677 g/mol. The zero-order valence-corrected chi connectivity index (χ0v) is 27.8. The van der Waals surface area contributed by atoms with Crippen molar-refractivity contribution in [2.75, 3.05) is 37.3 Å². The van der Waals surface area contributed by atoms with Crippen LogP contribution in [0.25, 0.3) is 32.1 Å². The van der Waals surface area contributed by atoms with Gasteiger partial charge in [-0.3, -0.25) is 9.69 Å². The van der Waals surface area contributed by atoms with E-state index in [2.05, 4.69) is 25.3 Å². The van der Waals surface area contributed by atoms with E-state index < -0.39 is 23.3 Å². The molecule has 2 aliphatic heterocycles. The van der Waals surface area contributed by atoms with Gasteiger partial charge in [0.25, 0.3) is 0 Å². The largest absolute Gasteiger partial charge is 0.461 e. The summed E-state index contributed by atoms with van der Waals surface area (Å²) >= 11 is 7.67. The summed E-state index contributed by atoms with van der Waals surface area (Å²) in [5.41, 5.74) is 6.32. The smallest absolute Gasteiger partial charge is 0.319 e. The molecule has 49 heavy (non-hydrogen) atoms. The molecule has 15 heteroatoms. The Morgan fingerprint density at radius 1 is 1.31 bits per heavy atom. The average Bonchev–Trinajstić information content (AvgIpc) is 3.30. The van der Waals surface area contributed by atoms with Crippen molar-refractivity contribution in [1.82, 2.24) is 24.6 Å². The van der Waals surface area contributed by atoms with Crippen molar-refractivity contribution in [2.24, 2.45) is 11.8 Å². The molecular formula is C34H30ClF3N8O2S. The van der Waals surface area contributed by atoms with E-state index in [4.69, 9.17) is 22.1 Å². The highest BCUT2D eigenvalue weighted by molar-refractivity contribution is 7.23. The summed E-state index contributed by atoms with van der Waals surface area (Å²) in [6, 6.07) is 7.73. The molecule has 0 bridgehead atoms. The van der Waals surface area contributed by atoms with E-state index in [9.17, 15) is 18.8 Å². The van der Waals surface area contributed by atoms with Crippen LogP contribution in [-0.2, 0) is 0 Å². The van der Waals surface area contributed by atoms with Gasteiger partial charge >= 0.3 is 6.01 Å². The van der Waals surface area contributed by atoms with Gasteiger partial charge in [-0.2, -0.15) is 20.3 Å². The maximum absolute atomic E-state index is 16.8. The van der Waals surface area contributed by atoms with Crippen LogP contribution in [0.15, 0.2) is 30.5 Å². The molecule has 2 saturated heterocycles. The first-order valence-corrected chi connectivity index (χ1v) is 17.2. The van der Waals surface area contributed by atoms with Gasteiger partial charge < -0.3 is 15.8 Å². The summed E-state index contributed by atoms with van der Waals surface area (Å²) in [6.45, 7) is 3.40. The molecule has 2 aromatic carbocycles. The Bertz CT molecular complexity index is 2220. The van der Waals surface area contributed by atoms with Crippen LogP contribution in [0.5, 0.6) is 6.01 Å². The Balaban J connectivity index is 1.18. The Hall–Kier alpha value is -4.45. The lowest BCUT2D eigenvalue weighted by Crippen LogP contribution is -2.43. The number of nitrogens with one attached hydrogen (secondary N) is 1. The molecule has 0 spiro atoms. The lowest BCUT2D eigenvalue weighted by Gasteiger charge is -2.30. The van der Waals surface area contributed by atoms with E-state index in [1.54, 1.807) is 12.3 Å². The maximum atomic E-state index is 16.8. The molecule has 0 amide bonds. The van der Waals surface area contributed by atoms with Gasteiger partial charge in [0.15, 0.2) is 5.82 Å². The number of nitrogens with zero attached hydrogens (tertiary/aromatic N) is 6. The molecule has 3 N–H and O–H groups in total. The van der Waals surface area contributed by atoms with Crippen LogP contribution < -0.4 is 15.8 Å². The first kappa shape index (κ1) is 31.8. The molecule has 8 rings (SSSR count). The van der Waals surface area contributed by atoms with Gasteiger partial charge in [-0.05, 0) is 62.4 Å². The number of aryl methyl sites for hydroxylation is 1. The Morgan fingerprint density at radius 2 is 2.14 bits per heavy atom. The molecule has 1 saturated carbocycles. The van der Waals surface area contributed by atoms with E-state index in [1.165, 1.54) is 22.9 Å². The lowest BCUT2D eigenvalue weighted by atomic mass is 9.95. The zero-order chi connectivity index (χ0) is 34.2. The summed E-state index contributed by atoms with van der Waals surface area (Å²) < 4.78 is 53.8. The highest BCUT2D eigenvalue weighted by Gasteiger charge is 2.49. The van der Waals surface area contributed by atoms with Crippen LogP contribution in [0.1, 0.15) is 41.7 Å². The zero-order valence-electron chi connectivity index (χ0n) is 26.3. The highest BCUT2D eigenvalue weighted by Crippen LogP contribution is 2.46. The number of thiophene rings is 1. The number of nitriles is 1. The number of nitrogens with two attached hydrogens (primary N) is 1. The van der Waals surface area contributed by atoms with E-state index in [0.717, 1.165) is 36.4 Å². The minimum atomic E-state index is -0.961. The molecule has 3 aromatic heterocycles. The van der Waals surface area contributed by atoms with Gasteiger partial charge in [0.1, 0.15) is 41.0 Å². The second-order valence-corrected chi connectivity index (χ2v) is 14.6. The van der Waals surface area contributed by atoms with Gasteiger partial charge in [0.2, 0.25) is 5.91 Å². The normalized spacial score (nSPS) is 23.2. The van der Waals surface area contributed by atoms with Crippen LogP contribution in [0.2, 0.25) is 5.02 Å². The number of rotatable bonds is 8. The standard InChI is InChI=1S/C34H30ClF3N8O2S/c1-16-5-8-46(44-16)32(47)20-9-17(20)13-41-31-21-10-23(35)26(19-3-4-24(37)29-25(19)22(12-39)30(40)49-29)27(38)28(21)42-33(43-31)48-15-34-6-2-7-45(34)14-18(36)11-34/h3-5,8,10,17-18,20H,2,6-7,9,11,13-15,40H2,1H3,(H,41,42,43)/t17-,18+,20-,34-/m0/s1. The molecule has 0 radical (unpaired) electrons. The number of ether oxygens (including phenoxy) is 1. The van der Waals surface area contributed by atoms with Crippen LogP contribution in [0.4, 0.5) is 24.0 Å². The van der Waals surface area contributed by atoms with Gasteiger partial charge in [-0.15, -0.1) is 11.3 Å². The lowest BCUT2D eigenvalue weighted by molar-refractivity contribution is 0.0863. The number of nitrogen functional groups attached to an aromatic ring is 1. The van der Waals surface area contributed by atoms with Gasteiger partial charge in [0.05, 0.1) is 26.5 Å². The number of fused-ring (bicyclic) bond motifs is 3. The molecule has 0 unspecified atom stereocenters. The molecule has 10 nitrogen and oxygen atoms in total. The first-order valence-electron chi connectivity index (χ1n) is 16.0. The Morgan fingerprint density at radius 3 is 2.92 bits per heavy atom. The number of hydrogen-bond acceptors (Lipinski definition) is 10. The van der Waals surface area contributed by atoms with Crippen molar-refractivity contribution >= 4 is 60.7 Å². The second-order valence-electron chi connectivity index (χ2n) is 13.1. The number of carbonyl (C=O) groups excluding carboxylic acids is 1. The maximum Gasteiger partial charge on any atom is 0.319 e. The SMILES string of the molecule is Cc1ccn(C(=O)[C@H]2C[C@H]2CNc2nc(OC[C@@]34CCCN3C[C@H](F)C4)nc3c(F)c(-c4ccc(F)c5sc(N)c(C#N)c45)c(Cl)cc23)n1. The highest BCUT2D eigenvalue weighted by atomic mass is 35.5. The van der Waals surface area contributed by atoms with E-state index in [1.807, 2.05) is 13.0 Å². The third-order valence-electron chi connectivity index (χ3n) is 10.0. The van der Waals surface area contributed by atoms with Crippen molar-refractivity contribution in [3.05, 3.63) is 58.4 Å². The van der Waals surface area contributed by atoms with Gasteiger partial charge in [0, 0.05) is 48.0 Å². The first-order chi connectivity index (χ1) is 23.6. The quantitative estimate of drug-likeness (QED) is 0.180. The molecule has 5 heterocycles. The fraction of sp³-hybridized carbons (Fsp3) is 0.382. The number of alkyl halides is 1. The van der Waals surface area contributed by atoms with Crippen molar-refractivity contribution < 1.29 is 22.7 Å². The minimum absolute atomic E-state index is 0.0131. The molecule has 5 aromatic rings. The topological polar surface area (TPSA) is 135 Å². The van der Waals surface area contributed by atoms with Gasteiger partial charge in [-0.1, -0.05) is 17.7 Å². The minimum Gasteiger partial charge on any atom is -0.461 e. The van der Waals surface area contributed by atoms with Gasteiger partial charge in [-0.25, -0.2) is 17.9 Å². The number of benzene rings is 2. The number of anilines is 2. The average molecular weight is 707 g/mol. The van der Waals surface area contributed by atoms with E-state index in [-0.39, 0.29) is 83.9 Å². The monoisotopic (exact) mass is 706 g/mol. The third-order valence-corrected chi connectivity index (χ3v) is 11.3. The fourth-order valence-corrected chi connectivity index (χ4v) is 8.73. The van der Waals surface area contributed by atoms with Crippen molar-refractivity contribution in [1.29, 1.82) is 5.26 Å². The number of halogens is 4. The van der Waals surface area contributed by atoms with Crippen LogP contribution in [0, 0.1) is 41.7 Å². The van der Waals surface area contributed by atoms with Crippen LogP contribution >= 0.6 is 22.9 Å². The molecule has 3 aliphatic rings. The summed E-state index contributed by atoms with van der Waals surface area (Å²) in [5, 5.41) is 17.8. The predicted molar refractivity (Wildman–Crippen MR) is 181 cm³/mol. The van der Waals surface area contributed by atoms with Crippen molar-refractivity contribution in [2.45, 2.75) is 44.3 Å². The van der Waals surface area contributed by atoms with E-state index >= 15 is 4.39 Å². The summed E-state index contributed by atoms with van der Waals surface area (Å²) in [7, 11) is 0. The van der Waals surface area contributed by atoms with E-state index in [0.29, 0.717) is 25.9 Å². The number of aromatic nitrogens is 4. The molecule has 3 fully saturated rings. The summed E-state index contributed by atoms with van der Waals surface area (Å²) in [5.74, 6) is -1.52. The number of hydrogen-bond donors (Lipinski definition) is 2. The summed E-state index contributed by atoms with van der Waals surface area (Å²) in [4.78, 5) is 24.1. The number of carbonyl (C=O) groups is 1.